The van der Waals surface area contributed by atoms with Crippen LogP contribution in [0.2, 0.25) is 0 Å². The van der Waals surface area contributed by atoms with Gasteiger partial charge in [-0.2, -0.15) is 10.1 Å². The van der Waals surface area contributed by atoms with Gasteiger partial charge < -0.3 is 9.80 Å². The van der Waals surface area contributed by atoms with Crippen LogP contribution in [0.4, 0.5) is 17.5 Å². The van der Waals surface area contributed by atoms with Crippen molar-refractivity contribution < 1.29 is 0 Å². The lowest BCUT2D eigenvalue weighted by molar-refractivity contribution is 0.725. The van der Waals surface area contributed by atoms with Crippen LogP contribution in [-0.2, 0) is 12.8 Å². The van der Waals surface area contributed by atoms with Gasteiger partial charge in [-0.1, -0.05) is 18.2 Å². The van der Waals surface area contributed by atoms with Crippen LogP contribution in [0.5, 0.6) is 0 Å². The van der Waals surface area contributed by atoms with Gasteiger partial charge in [-0.3, -0.25) is 4.98 Å². The third kappa shape index (κ3) is 3.22. The Labute approximate surface area is 153 Å². The minimum atomic E-state index is 0.326. The van der Waals surface area contributed by atoms with Crippen molar-refractivity contribution in [1.29, 1.82) is 0 Å². The number of benzene rings is 1. The predicted octanol–water partition coefficient (Wildman–Crippen LogP) is 3.03. The van der Waals surface area contributed by atoms with Gasteiger partial charge in [0.1, 0.15) is 0 Å². The number of hydrogen-bond acceptors (Lipinski definition) is 6. The van der Waals surface area contributed by atoms with Gasteiger partial charge >= 0.3 is 0 Å². The number of pyridine rings is 1. The van der Waals surface area contributed by atoms with Crippen LogP contribution in [0.25, 0.3) is 0 Å². The average molecular weight is 346 g/mol. The Hall–Kier alpha value is -3.02. The SMILES string of the molecule is CC1Cc2ccccc2N1c1nncc(N(C)CCc2ccncc2)n1. The lowest BCUT2D eigenvalue weighted by Gasteiger charge is -2.24. The van der Waals surface area contributed by atoms with Crippen LogP contribution in [0.1, 0.15) is 18.1 Å². The Morgan fingerprint density at radius 3 is 2.81 bits per heavy atom. The fourth-order valence-corrected chi connectivity index (χ4v) is 3.40. The molecule has 26 heavy (non-hydrogen) atoms. The fourth-order valence-electron chi connectivity index (χ4n) is 3.40. The second-order valence-electron chi connectivity index (χ2n) is 6.69. The van der Waals surface area contributed by atoms with E-state index in [1.54, 1.807) is 6.20 Å². The molecule has 0 fully saturated rings. The predicted molar refractivity (Wildman–Crippen MR) is 103 cm³/mol. The maximum absolute atomic E-state index is 4.78. The lowest BCUT2D eigenvalue weighted by Crippen LogP contribution is -2.28. The van der Waals surface area contributed by atoms with Crippen molar-refractivity contribution in [2.45, 2.75) is 25.8 Å². The first-order chi connectivity index (χ1) is 12.7. The monoisotopic (exact) mass is 346 g/mol. The highest BCUT2D eigenvalue weighted by molar-refractivity contribution is 5.67. The molecule has 3 aromatic rings. The first kappa shape index (κ1) is 16.4. The quantitative estimate of drug-likeness (QED) is 0.708. The van der Waals surface area contributed by atoms with Crippen LogP contribution in [0.3, 0.4) is 0 Å². The highest BCUT2D eigenvalue weighted by Gasteiger charge is 2.29. The molecule has 0 saturated carbocycles. The van der Waals surface area contributed by atoms with E-state index in [1.165, 1.54) is 16.8 Å². The molecule has 1 unspecified atom stereocenters. The van der Waals surface area contributed by atoms with Gasteiger partial charge in [0.25, 0.3) is 5.95 Å². The summed E-state index contributed by atoms with van der Waals surface area (Å²) in [6, 6.07) is 12.8. The molecule has 6 nitrogen and oxygen atoms in total. The maximum atomic E-state index is 4.78. The number of fused-ring (bicyclic) bond motifs is 1. The molecule has 132 valence electrons. The summed E-state index contributed by atoms with van der Waals surface area (Å²) in [7, 11) is 2.04. The lowest BCUT2D eigenvalue weighted by atomic mass is 10.1. The first-order valence-electron chi connectivity index (χ1n) is 8.89. The molecule has 1 aromatic carbocycles. The van der Waals surface area contributed by atoms with E-state index in [1.807, 2.05) is 31.6 Å². The Morgan fingerprint density at radius 2 is 1.96 bits per heavy atom. The standard InChI is InChI=1S/C20H22N6/c1-15-13-17-5-3-4-6-18(17)26(15)20-23-19(14-22-24-20)25(2)12-9-16-7-10-21-11-8-16/h3-8,10-11,14-15H,9,12-13H2,1-2H3. The summed E-state index contributed by atoms with van der Waals surface area (Å²) < 4.78 is 0. The minimum Gasteiger partial charge on any atom is -0.358 e. The van der Waals surface area contributed by atoms with Crippen LogP contribution in [0.15, 0.2) is 55.0 Å². The van der Waals surface area contributed by atoms with Crippen molar-refractivity contribution in [2.24, 2.45) is 0 Å². The minimum absolute atomic E-state index is 0.326. The number of hydrogen-bond donors (Lipinski definition) is 0. The first-order valence-corrected chi connectivity index (χ1v) is 8.89. The van der Waals surface area contributed by atoms with Crippen molar-refractivity contribution >= 4 is 17.5 Å². The molecular formula is C20H22N6. The number of aromatic nitrogens is 4. The largest absolute Gasteiger partial charge is 0.358 e. The van der Waals surface area contributed by atoms with Crippen LogP contribution < -0.4 is 9.80 Å². The van der Waals surface area contributed by atoms with E-state index in [-0.39, 0.29) is 0 Å². The van der Waals surface area contributed by atoms with Crippen LogP contribution >= 0.6 is 0 Å². The number of para-hydroxylation sites is 1. The second-order valence-corrected chi connectivity index (χ2v) is 6.69. The molecule has 0 bridgehead atoms. The number of likely N-dealkylation sites (N-methyl/N-ethyl adjacent to an activating group) is 1. The molecule has 6 heteroatoms. The average Bonchev–Trinajstić information content (AvgIpc) is 3.02. The Bertz CT molecular complexity index is 882. The Balaban J connectivity index is 1.53. The molecule has 0 N–H and O–H groups in total. The van der Waals surface area contributed by atoms with Crippen molar-refractivity contribution in [1.82, 2.24) is 20.2 Å². The van der Waals surface area contributed by atoms with E-state index >= 15 is 0 Å². The van der Waals surface area contributed by atoms with Gasteiger partial charge in [0.15, 0.2) is 5.82 Å². The van der Waals surface area contributed by atoms with Crippen molar-refractivity contribution in [2.75, 3.05) is 23.4 Å². The summed E-state index contributed by atoms with van der Waals surface area (Å²) in [5.74, 6) is 1.50. The van der Waals surface area contributed by atoms with Crippen LogP contribution in [-0.4, -0.2) is 39.8 Å². The normalized spacial score (nSPS) is 15.8. The number of rotatable bonds is 5. The zero-order chi connectivity index (χ0) is 17.9. The van der Waals surface area contributed by atoms with E-state index in [0.29, 0.717) is 12.0 Å². The summed E-state index contributed by atoms with van der Waals surface area (Å²) in [5.41, 5.74) is 3.77. The molecule has 0 saturated heterocycles. The van der Waals surface area contributed by atoms with Crippen molar-refractivity contribution in [3.8, 4) is 0 Å². The summed E-state index contributed by atoms with van der Waals surface area (Å²) in [5, 5.41) is 8.51. The number of nitrogens with zero attached hydrogens (tertiary/aromatic N) is 6. The highest BCUT2D eigenvalue weighted by atomic mass is 15.4. The fraction of sp³-hybridized carbons (Fsp3) is 0.300. The molecule has 2 aromatic heterocycles. The third-order valence-corrected chi connectivity index (χ3v) is 4.83. The van der Waals surface area contributed by atoms with E-state index < -0.39 is 0 Å². The molecule has 0 amide bonds. The van der Waals surface area contributed by atoms with E-state index in [2.05, 4.69) is 56.2 Å². The zero-order valence-corrected chi connectivity index (χ0v) is 15.1. The van der Waals surface area contributed by atoms with Gasteiger partial charge in [0.2, 0.25) is 0 Å². The number of anilines is 3. The van der Waals surface area contributed by atoms with E-state index in [0.717, 1.165) is 25.2 Å². The Kier molecular flexibility index (Phi) is 4.48. The van der Waals surface area contributed by atoms with E-state index in [4.69, 9.17) is 4.98 Å². The zero-order valence-electron chi connectivity index (χ0n) is 15.1. The molecule has 0 aliphatic carbocycles. The molecule has 1 atom stereocenters. The van der Waals surface area contributed by atoms with Crippen LogP contribution in [0, 0.1) is 0 Å². The summed E-state index contributed by atoms with van der Waals surface area (Å²) >= 11 is 0. The van der Waals surface area contributed by atoms with Gasteiger partial charge in [-0.15, -0.1) is 5.10 Å². The summed E-state index contributed by atoms with van der Waals surface area (Å²) in [6.07, 6.45) is 7.31. The molecule has 3 heterocycles. The van der Waals surface area contributed by atoms with Gasteiger partial charge in [-0.25, -0.2) is 0 Å². The van der Waals surface area contributed by atoms with Gasteiger partial charge in [0.05, 0.1) is 6.20 Å². The molecule has 4 rings (SSSR count). The molecule has 0 radical (unpaired) electrons. The summed E-state index contributed by atoms with van der Waals surface area (Å²) in [6.45, 7) is 3.05. The third-order valence-electron chi connectivity index (χ3n) is 4.83. The van der Waals surface area contributed by atoms with Crippen molar-refractivity contribution in [3.05, 3.63) is 66.1 Å². The summed E-state index contributed by atoms with van der Waals surface area (Å²) in [4.78, 5) is 13.1. The maximum Gasteiger partial charge on any atom is 0.252 e. The highest BCUT2D eigenvalue weighted by Crippen LogP contribution is 2.36. The molecule has 1 aliphatic rings. The topological polar surface area (TPSA) is 58.0 Å². The smallest absolute Gasteiger partial charge is 0.252 e. The second kappa shape index (κ2) is 7.07. The Morgan fingerprint density at radius 1 is 1.15 bits per heavy atom. The van der Waals surface area contributed by atoms with E-state index in [9.17, 15) is 0 Å². The molecular weight excluding hydrogens is 324 g/mol. The van der Waals surface area contributed by atoms with Gasteiger partial charge in [0, 0.05) is 37.7 Å². The van der Waals surface area contributed by atoms with Gasteiger partial charge in [-0.05, 0) is 49.1 Å². The molecule has 1 aliphatic heterocycles. The van der Waals surface area contributed by atoms with Crippen molar-refractivity contribution in [3.63, 3.8) is 0 Å². The molecule has 0 spiro atoms.